The first kappa shape index (κ1) is 22.9. The van der Waals surface area contributed by atoms with Gasteiger partial charge in [-0.3, -0.25) is 4.79 Å². The number of rotatable bonds is 9. The van der Waals surface area contributed by atoms with Crippen molar-refractivity contribution in [3.8, 4) is 5.75 Å². The SMILES string of the molecule is CCOCc1c(CCOC)c[nH+]c(C)c1OCC.O=C1CC[C@@H](C(=O)O)N1.[HH]. The number of aryl methyl sites for hydroxylation is 1. The maximum atomic E-state index is 10.4. The van der Waals surface area contributed by atoms with Gasteiger partial charge in [-0.05, 0) is 20.3 Å². The molecule has 1 aromatic heterocycles. The van der Waals surface area contributed by atoms with Gasteiger partial charge in [-0.15, -0.1) is 0 Å². The van der Waals surface area contributed by atoms with Crippen molar-refractivity contribution >= 4 is 11.9 Å². The number of ether oxygens (including phenoxy) is 3. The minimum Gasteiger partial charge on any atom is -0.487 e. The van der Waals surface area contributed by atoms with E-state index < -0.39 is 12.0 Å². The molecule has 154 valence electrons. The predicted octanol–water partition coefficient (Wildman–Crippen LogP) is 1.53. The molecule has 1 aliphatic rings. The molecule has 0 aromatic carbocycles. The molecular formula is C19H33N2O6+. The van der Waals surface area contributed by atoms with Crippen LogP contribution in [0.2, 0.25) is 0 Å². The van der Waals surface area contributed by atoms with Crippen LogP contribution in [0.5, 0.6) is 5.75 Å². The van der Waals surface area contributed by atoms with Crippen LogP contribution >= 0.6 is 0 Å². The zero-order valence-electron chi connectivity index (χ0n) is 16.6. The normalized spacial score (nSPS) is 15.7. The fourth-order valence-corrected chi connectivity index (χ4v) is 2.66. The van der Waals surface area contributed by atoms with Gasteiger partial charge in [0.15, 0.2) is 11.9 Å². The third-order valence-corrected chi connectivity index (χ3v) is 4.07. The molecule has 1 saturated heterocycles. The van der Waals surface area contributed by atoms with Gasteiger partial charge < -0.3 is 24.6 Å². The summed E-state index contributed by atoms with van der Waals surface area (Å²) < 4.78 is 16.4. The molecule has 3 N–H and O–H groups in total. The van der Waals surface area contributed by atoms with Crippen LogP contribution in [0.1, 0.15) is 44.9 Å². The molecule has 1 fully saturated rings. The Morgan fingerprint density at radius 1 is 1.41 bits per heavy atom. The molecule has 0 aliphatic carbocycles. The van der Waals surface area contributed by atoms with Gasteiger partial charge >= 0.3 is 5.97 Å². The Labute approximate surface area is 161 Å². The molecule has 2 heterocycles. The van der Waals surface area contributed by atoms with Crippen LogP contribution < -0.4 is 15.0 Å². The summed E-state index contributed by atoms with van der Waals surface area (Å²) in [6.07, 6.45) is 3.64. The number of hydrogen-bond acceptors (Lipinski definition) is 5. The van der Waals surface area contributed by atoms with E-state index in [1.165, 1.54) is 5.56 Å². The number of aromatic amines is 1. The molecule has 0 bridgehead atoms. The summed E-state index contributed by atoms with van der Waals surface area (Å²) in [6, 6.07) is -0.641. The summed E-state index contributed by atoms with van der Waals surface area (Å²) in [6.45, 7) is 8.64. The van der Waals surface area contributed by atoms with E-state index in [4.69, 9.17) is 19.3 Å². The van der Waals surface area contributed by atoms with Crippen molar-refractivity contribution in [2.24, 2.45) is 0 Å². The Morgan fingerprint density at radius 2 is 2.15 bits per heavy atom. The molecule has 1 aromatic rings. The molecule has 0 saturated carbocycles. The number of methoxy groups -OCH3 is 1. The van der Waals surface area contributed by atoms with Crippen molar-refractivity contribution in [2.45, 2.75) is 52.7 Å². The zero-order valence-corrected chi connectivity index (χ0v) is 16.6. The van der Waals surface area contributed by atoms with Gasteiger partial charge in [-0.1, -0.05) is 0 Å². The number of carboxylic acid groups (broad SMARTS) is 1. The molecular weight excluding hydrogens is 352 g/mol. The lowest BCUT2D eigenvalue weighted by Crippen LogP contribution is -2.32. The van der Waals surface area contributed by atoms with Crippen molar-refractivity contribution < 1.29 is 35.3 Å². The minimum atomic E-state index is -0.944. The lowest BCUT2D eigenvalue weighted by atomic mass is 10.1. The van der Waals surface area contributed by atoms with Crippen LogP contribution in [0.4, 0.5) is 0 Å². The number of aromatic nitrogens is 1. The molecule has 1 amide bonds. The van der Waals surface area contributed by atoms with Crippen molar-refractivity contribution in [1.29, 1.82) is 0 Å². The van der Waals surface area contributed by atoms with Crippen LogP contribution in [0.15, 0.2) is 6.20 Å². The average Bonchev–Trinajstić information content (AvgIpc) is 3.08. The minimum absolute atomic E-state index is 0. The largest absolute Gasteiger partial charge is 0.487 e. The van der Waals surface area contributed by atoms with Crippen molar-refractivity contribution in [3.63, 3.8) is 0 Å². The number of nitrogens with one attached hydrogen (secondary N) is 2. The van der Waals surface area contributed by atoms with E-state index >= 15 is 0 Å². The van der Waals surface area contributed by atoms with Crippen molar-refractivity contribution in [3.05, 3.63) is 23.0 Å². The van der Waals surface area contributed by atoms with Gasteiger partial charge in [0, 0.05) is 46.0 Å². The Kier molecular flexibility index (Phi) is 10.4. The van der Waals surface area contributed by atoms with Crippen LogP contribution in [0.3, 0.4) is 0 Å². The molecule has 0 spiro atoms. The molecule has 1 aliphatic heterocycles. The van der Waals surface area contributed by atoms with Gasteiger partial charge in [0.2, 0.25) is 11.6 Å². The Hall–Kier alpha value is -2.19. The number of aliphatic carboxylic acids is 1. The molecule has 0 radical (unpaired) electrons. The quantitative estimate of drug-likeness (QED) is 0.667. The van der Waals surface area contributed by atoms with E-state index in [-0.39, 0.29) is 7.33 Å². The highest BCUT2D eigenvalue weighted by Crippen LogP contribution is 2.25. The summed E-state index contributed by atoms with van der Waals surface area (Å²) in [5.74, 6) is -0.192. The molecule has 2 rings (SSSR count). The van der Waals surface area contributed by atoms with E-state index in [0.717, 1.165) is 23.4 Å². The first-order valence-electron chi connectivity index (χ1n) is 9.19. The van der Waals surface area contributed by atoms with E-state index in [0.29, 0.717) is 39.3 Å². The van der Waals surface area contributed by atoms with Gasteiger partial charge in [-0.2, -0.15) is 0 Å². The van der Waals surface area contributed by atoms with E-state index in [1.54, 1.807) is 7.11 Å². The summed E-state index contributed by atoms with van der Waals surface area (Å²) >= 11 is 0. The maximum absolute atomic E-state index is 10.4. The Morgan fingerprint density at radius 3 is 2.63 bits per heavy atom. The second-order valence-corrected chi connectivity index (χ2v) is 6.06. The summed E-state index contributed by atoms with van der Waals surface area (Å²) in [5, 5.41) is 10.6. The maximum Gasteiger partial charge on any atom is 0.326 e. The van der Waals surface area contributed by atoms with Crippen molar-refractivity contribution in [2.75, 3.05) is 26.9 Å². The standard InChI is InChI=1S/C14H23NO3.C5H7NO3.H2/c1-5-17-10-13-12(7-8-16-4)9-15-11(3)14(13)18-6-2;7-4-2-1-3(6-4)5(8)9;/h9H,5-8,10H2,1-4H3;3H,1-2H2,(H,6,7)(H,8,9);1H/p+1/t;3-;/m.0./s1. The molecule has 27 heavy (non-hydrogen) atoms. The third-order valence-electron chi connectivity index (χ3n) is 4.07. The third kappa shape index (κ3) is 7.52. The first-order chi connectivity index (χ1) is 12.9. The highest BCUT2D eigenvalue weighted by Gasteiger charge is 2.26. The highest BCUT2D eigenvalue weighted by atomic mass is 16.5. The Bertz CT molecular complexity index is 627. The topological polar surface area (TPSA) is 108 Å². The van der Waals surface area contributed by atoms with Crippen molar-refractivity contribution in [1.82, 2.24) is 5.32 Å². The van der Waals surface area contributed by atoms with E-state index in [2.05, 4.69) is 10.3 Å². The number of pyridine rings is 1. The number of carbonyl (C=O) groups excluding carboxylic acids is 1. The smallest absolute Gasteiger partial charge is 0.326 e. The van der Waals surface area contributed by atoms with Crippen LogP contribution in [-0.4, -0.2) is 50.0 Å². The number of amides is 1. The van der Waals surface area contributed by atoms with Gasteiger partial charge in [0.05, 0.1) is 19.8 Å². The average molecular weight is 385 g/mol. The molecule has 1 atom stereocenters. The van der Waals surface area contributed by atoms with Gasteiger partial charge in [0.1, 0.15) is 6.04 Å². The van der Waals surface area contributed by atoms with Crippen LogP contribution in [0, 0.1) is 6.92 Å². The monoisotopic (exact) mass is 385 g/mol. The zero-order chi connectivity index (χ0) is 20.2. The highest BCUT2D eigenvalue weighted by molar-refractivity contribution is 5.87. The van der Waals surface area contributed by atoms with Gasteiger partial charge in [-0.25, -0.2) is 9.78 Å². The molecule has 0 unspecified atom stereocenters. The summed E-state index contributed by atoms with van der Waals surface area (Å²) in [7, 11) is 1.71. The lowest BCUT2D eigenvalue weighted by Gasteiger charge is -2.13. The second kappa shape index (κ2) is 12.2. The Balaban J connectivity index is 0.000000614. The van der Waals surface area contributed by atoms with E-state index in [9.17, 15) is 9.59 Å². The van der Waals surface area contributed by atoms with Gasteiger partial charge in [0.25, 0.3) is 0 Å². The molecule has 8 heteroatoms. The summed E-state index contributed by atoms with van der Waals surface area (Å²) in [4.78, 5) is 23.8. The van der Waals surface area contributed by atoms with Crippen LogP contribution in [0.25, 0.3) is 0 Å². The predicted molar refractivity (Wildman–Crippen MR) is 101 cm³/mol. The first-order valence-corrected chi connectivity index (χ1v) is 9.19. The lowest BCUT2D eigenvalue weighted by molar-refractivity contribution is -0.389. The fourth-order valence-electron chi connectivity index (χ4n) is 2.66. The number of H-pyrrole nitrogens is 1. The molecule has 8 nitrogen and oxygen atoms in total. The second-order valence-electron chi connectivity index (χ2n) is 6.06. The number of hydrogen-bond donors (Lipinski definition) is 2. The fraction of sp³-hybridized carbons (Fsp3) is 0.632. The number of carbonyl (C=O) groups is 2. The number of carboxylic acids is 1. The summed E-state index contributed by atoms with van der Waals surface area (Å²) in [5.41, 5.74) is 3.36. The van der Waals surface area contributed by atoms with E-state index in [1.807, 2.05) is 27.0 Å². The van der Waals surface area contributed by atoms with Crippen LogP contribution in [-0.2, 0) is 32.1 Å².